The van der Waals surface area contributed by atoms with Gasteiger partial charge in [-0.1, -0.05) is 19.1 Å². The second-order valence-corrected chi connectivity index (χ2v) is 4.95. The minimum Gasteiger partial charge on any atom is -0.497 e. The summed E-state index contributed by atoms with van der Waals surface area (Å²) in [5, 5.41) is 9.04. The lowest BCUT2D eigenvalue weighted by Crippen LogP contribution is -1.98. The number of carbonyl (C=O) groups is 1. The predicted molar refractivity (Wildman–Crippen MR) is 92.6 cm³/mol. The van der Waals surface area contributed by atoms with Crippen molar-refractivity contribution < 1.29 is 14.6 Å². The Labute approximate surface area is 135 Å². The average molecular weight is 309 g/mol. The van der Waals surface area contributed by atoms with Crippen LogP contribution in [0.5, 0.6) is 5.75 Å². The monoisotopic (exact) mass is 309 g/mol. The molecule has 1 N–H and O–H groups in total. The van der Waals surface area contributed by atoms with Crippen LogP contribution in [0.4, 0.5) is 5.69 Å². The Bertz CT molecular complexity index is 713. The van der Waals surface area contributed by atoms with Crippen LogP contribution in [0.2, 0.25) is 0 Å². The number of ether oxygens (including phenoxy) is 1. The normalized spacial score (nSPS) is 11.7. The second-order valence-electron chi connectivity index (χ2n) is 4.95. The first-order valence-electron chi connectivity index (χ1n) is 7.34. The van der Waals surface area contributed by atoms with Crippen molar-refractivity contribution in [1.29, 1.82) is 0 Å². The molecule has 118 valence electrons. The molecule has 0 atom stereocenters. The van der Waals surface area contributed by atoms with Crippen LogP contribution < -0.4 is 4.74 Å². The van der Waals surface area contributed by atoms with Crippen molar-refractivity contribution in [3.8, 4) is 5.75 Å². The predicted octanol–water partition coefficient (Wildman–Crippen LogP) is 4.32. The molecule has 2 aromatic rings. The number of aliphatic carboxylic acids is 1. The van der Waals surface area contributed by atoms with Crippen LogP contribution in [0.25, 0.3) is 6.08 Å². The van der Waals surface area contributed by atoms with Crippen LogP contribution in [0.1, 0.15) is 24.5 Å². The third kappa shape index (κ3) is 4.81. The Kier molecular flexibility index (Phi) is 5.69. The molecular weight excluding hydrogens is 290 g/mol. The van der Waals surface area contributed by atoms with Crippen LogP contribution in [-0.2, 0) is 4.79 Å². The van der Waals surface area contributed by atoms with Crippen molar-refractivity contribution in [1.82, 2.24) is 0 Å². The quantitative estimate of drug-likeness (QED) is 0.638. The standard InChI is InChI=1S/C19H19NO3/c1-3-16(19(21)22)12-14-4-8-17(9-5-14)20-13-15-6-10-18(23-2)11-7-15/h4-13H,3H2,1-2H3,(H,21,22). The number of nitrogens with zero attached hydrogens (tertiary/aromatic N) is 1. The lowest BCUT2D eigenvalue weighted by Gasteiger charge is -2.00. The first-order chi connectivity index (χ1) is 11.1. The lowest BCUT2D eigenvalue weighted by molar-refractivity contribution is -0.132. The SMILES string of the molecule is CCC(=Cc1ccc(N=Cc2ccc(OC)cc2)cc1)C(=O)O. The van der Waals surface area contributed by atoms with E-state index in [1.807, 2.05) is 55.5 Å². The fraction of sp³-hybridized carbons (Fsp3) is 0.158. The summed E-state index contributed by atoms with van der Waals surface area (Å²) < 4.78 is 5.11. The molecule has 0 saturated heterocycles. The van der Waals surface area contributed by atoms with Crippen LogP contribution in [-0.4, -0.2) is 24.4 Å². The first-order valence-corrected chi connectivity index (χ1v) is 7.34. The Morgan fingerprint density at radius 1 is 1.09 bits per heavy atom. The van der Waals surface area contributed by atoms with Gasteiger partial charge in [-0.25, -0.2) is 4.79 Å². The number of aliphatic imine (C=N–C) groups is 1. The first kappa shape index (κ1) is 16.5. The van der Waals surface area contributed by atoms with Gasteiger partial charge in [-0.3, -0.25) is 4.99 Å². The highest BCUT2D eigenvalue weighted by molar-refractivity contribution is 5.92. The van der Waals surface area contributed by atoms with E-state index in [0.29, 0.717) is 12.0 Å². The van der Waals surface area contributed by atoms with E-state index < -0.39 is 5.97 Å². The Morgan fingerprint density at radius 3 is 2.22 bits per heavy atom. The van der Waals surface area contributed by atoms with E-state index in [0.717, 1.165) is 22.6 Å². The molecule has 0 aliphatic rings. The third-order valence-corrected chi connectivity index (χ3v) is 3.37. The molecule has 0 fully saturated rings. The molecule has 0 aliphatic heterocycles. The fourth-order valence-corrected chi connectivity index (χ4v) is 2.01. The number of hydrogen-bond donors (Lipinski definition) is 1. The molecule has 0 unspecified atom stereocenters. The lowest BCUT2D eigenvalue weighted by atomic mass is 10.1. The van der Waals surface area contributed by atoms with Gasteiger partial charge in [0.2, 0.25) is 0 Å². The molecule has 4 nitrogen and oxygen atoms in total. The summed E-state index contributed by atoms with van der Waals surface area (Å²) in [5.74, 6) is -0.0717. The van der Waals surface area contributed by atoms with Gasteiger partial charge in [0, 0.05) is 11.8 Å². The van der Waals surface area contributed by atoms with E-state index in [1.54, 1.807) is 19.4 Å². The van der Waals surface area contributed by atoms with Crippen molar-refractivity contribution in [2.45, 2.75) is 13.3 Å². The summed E-state index contributed by atoms with van der Waals surface area (Å²) in [7, 11) is 1.63. The van der Waals surface area contributed by atoms with E-state index in [2.05, 4.69) is 4.99 Å². The van der Waals surface area contributed by atoms with Crippen molar-refractivity contribution in [3.63, 3.8) is 0 Å². The number of benzene rings is 2. The van der Waals surface area contributed by atoms with E-state index in [4.69, 9.17) is 9.84 Å². The summed E-state index contributed by atoms with van der Waals surface area (Å²) in [6.45, 7) is 1.83. The molecule has 2 rings (SSSR count). The number of carboxylic acid groups (broad SMARTS) is 1. The number of rotatable bonds is 6. The summed E-state index contributed by atoms with van der Waals surface area (Å²) in [5.41, 5.74) is 3.03. The highest BCUT2D eigenvalue weighted by Crippen LogP contribution is 2.17. The third-order valence-electron chi connectivity index (χ3n) is 3.37. The number of hydrogen-bond acceptors (Lipinski definition) is 3. The van der Waals surface area contributed by atoms with Gasteiger partial charge in [0.05, 0.1) is 12.8 Å². The van der Waals surface area contributed by atoms with E-state index in [1.165, 1.54) is 0 Å². The van der Waals surface area contributed by atoms with Gasteiger partial charge in [-0.05, 0) is 60.0 Å². The molecule has 0 aromatic heterocycles. The van der Waals surface area contributed by atoms with Crippen molar-refractivity contribution in [2.75, 3.05) is 7.11 Å². The van der Waals surface area contributed by atoms with E-state index in [9.17, 15) is 4.79 Å². The molecule has 2 aromatic carbocycles. The maximum absolute atomic E-state index is 11.0. The molecular formula is C19H19NO3. The highest BCUT2D eigenvalue weighted by Gasteiger charge is 2.03. The Hall–Kier alpha value is -2.88. The van der Waals surface area contributed by atoms with Gasteiger partial charge in [-0.15, -0.1) is 0 Å². The Balaban J connectivity index is 2.10. The van der Waals surface area contributed by atoms with Crippen molar-refractivity contribution in [2.24, 2.45) is 4.99 Å². The van der Waals surface area contributed by atoms with Gasteiger partial charge in [0.15, 0.2) is 0 Å². The molecule has 0 bridgehead atoms. The summed E-state index contributed by atoms with van der Waals surface area (Å²) in [4.78, 5) is 15.4. The van der Waals surface area contributed by atoms with Gasteiger partial charge in [0.1, 0.15) is 5.75 Å². The molecule has 4 heteroatoms. The zero-order valence-electron chi connectivity index (χ0n) is 13.2. The van der Waals surface area contributed by atoms with Crippen molar-refractivity contribution >= 4 is 23.9 Å². The van der Waals surface area contributed by atoms with Gasteiger partial charge in [0.25, 0.3) is 0 Å². The summed E-state index contributed by atoms with van der Waals surface area (Å²) in [6, 6.07) is 15.1. The van der Waals surface area contributed by atoms with Crippen LogP contribution in [0.15, 0.2) is 59.1 Å². The zero-order chi connectivity index (χ0) is 16.7. The largest absolute Gasteiger partial charge is 0.497 e. The molecule has 0 aliphatic carbocycles. The van der Waals surface area contributed by atoms with E-state index in [-0.39, 0.29) is 0 Å². The zero-order valence-corrected chi connectivity index (χ0v) is 13.2. The minimum atomic E-state index is -0.880. The Morgan fingerprint density at radius 2 is 1.70 bits per heavy atom. The van der Waals surface area contributed by atoms with Crippen molar-refractivity contribution in [3.05, 3.63) is 65.2 Å². The second kappa shape index (κ2) is 7.94. The van der Waals surface area contributed by atoms with E-state index >= 15 is 0 Å². The molecule has 0 amide bonds. The smallest absolute Gasteiger partial charge is 0.331 e. The number of methoxy groups -OCH3 is 1. The van der Waals surface area contributed by atoms with Crippen LogP contribution in [0, 0.1) is 0 Å². The molecule has 0 radical (unpaired) electrons. The van der Waals surface area contributed by atoms with Crippen LogP contribution in [0.3, 0.4) is 0 Å². The summed E-state index contributed by atoms with van der Waals surface area (Å²) in [6.07, 6.45) is 3.95. The highest BCUT2D eigenvalue weighted by atomic mass is 16.5. The van der Waals surface area contributed by atoms with Gasteiger partial charge >= 0.3 is 5.97 Å². The van der Waals surface area contributed by atoms with Gasteiger partial charge in [-0.2, -0.15) is 0 Å². The van der Waals surface area contributed by atoms with Gasteiger partial charge < -0.3 is 9.84 Å². The molecule has 0 spiro atoms. The fourth-order valence-electron chi connectivity index (χ4n) is 2.01. The van der Waals surface area contributed by atoms with Crippen LogP contribution >= 0.6 is 0 Å². The number of carboxylic acids is 1. The topological polar surface area (TPSA) is 58.9 Å². The minimum absolute atomic E-state index is 0.388. The molecule has 0 saturated carbocycles. The maximum Gasteiger partial charge on any atom is 0.331 e. The summed E-state index contributed by atoms with van der Waals surface area (Å²) >= 11 is 0. The maximum atomic E-state index is 11.0. The average Bonchev–Trinajstić information content (AvgIpc) is 2.59. The molecule has 0 heterocycles. The molecule has 23 heavy (non-hydrogen) atoms.